The maximum absolute atomic E-state index is 11.0. The minimum atomic E-state index is 0.279. The Labute approximate surface area is 81.7 Å². The number of nitrogens with zero attached hydrogens (tertiary/aromatic N) is 1. The summed E-state index contributed by atoms with van der Waals surface area (Å²) in [5, 5.41) is 0.504. The number of hydrogen-bond acceptors (Lipinski definition) is 1. The third-order valence-corrected chi connectivity index (χ3v) is 5.82. The Morgan fingerprint density at radius 3 is 3.27 bits per heavy atom. The van der Waals surface area contributed by atoms with Crippen molar-refractivity contribution in [1.29, 1.82) is 0 Å². The van der Waals surface area contributed by atoms with Gasteiger partial charge in [0.15, 0.2) is 0 Å². The minimum Gasteiger partial charge on any atom is -0.307 e. The van der Waals surface area contributed by atoms with Crippen LogP contribution in [0.3, 0.4) is 0 Å². The third-order valence-electron chi connectivity index (χ3n) is 1.97. The number of amides is 1. The van der Waals surface area contributed by atoms with Gasteiger partial charge in [0.05, 0.1) is 11.8 Å². The molecule has 0 aromatic heterocycles. The second-order valence-corrected chi connectivity index (χ2v) is 6.09. The third kappa shape index (κ3) is 1.16. The van der Waals surface area contributed by atoms with Crippen molar-refractivity contribution in [3.05, 3.63) is 12.3 Å². The summed E-state index contributed by atoms with van der Waals surface area (Å²) in [6.45, 7) is 0. The fourth-order valence-corrected chi connectivity index (χ4v) is 4.51. The summed E-state index contributed by atoms with van der Waals surface area (Å²) in [5.74, 6) is 1.40. The number of hydrogen-bond donors (Lipinski definition) is 0. The molecule has 2 aliphatic rings. The summed E-state index contributed by atoms with van der Waals surface area (Å²) in [4.78, 5) is 12.9. The van der Waals surface area contributed by atoms with Gasteiger partial charge in [0, 0.05) is 15.3 Å². The SMILES string of the molecule is O=C1CC2N1C=CC/S2=C\I. The highest BCUT2D eigenvalue weighted by molar-refractivity contribution is 14.1. The summed E-state index contributed by atoms with van der Waals surface area (Å²) < 4.78 is 2.20. The second kappa shape index (κ2) is 2.90. The predicted molar refractivity (Wildman–Crippen MR) is 56.9 cm³/mol. The first-order valence-corrected chi connectivity index (χ1v) is 6.19. The molecule has 1 amide bonds. The van der Waals surface area contributed by atoms with E-state index in [4.69, 9.17) is 0 Å². The zero-order chi connectivity index (χ0) is 7.84. The quantitative estimate of drug-likeness (QED) is 0.285. The second-order valence-electron chi connectivity index (χ2n) is 2.57. The molecule has 2 unspecified atom stereocenters. The average molecular weight is 281 g/mol. The molecule has 4 heteroatoms. The van der Waals surface area contributed by atoms with Crippen molar-refractivity contribution in [1.82, 2.24) is 4.90 Å². The van der Waals surface area contributed by atoms with Gasteiger partial charge in [0.2, 0.25) is 5.91 Å². The largest absolute Gasteiger partial charge is 0.307 e. The van der Waals surface area contributed by atoms with Crippen LogP contribution in [-0.2, 0) is 4.79 Å². The monoisotopic (exact) mass is 281 g/mol. The van der Waals surface area contributed by atoms with Crippen LogP contribution in [0.4, 0.5) is 0 Å². The topological polar surface area (TPSA) is 20.3 Å². The van der Waals surface area contributed by atoms with E-state index < -0.39 is 0 Å². The summed E-state index contributed by atoms with van der Waals surface area (Å²) in [6.07, 6.45) is 4.78. The van der Waals surface area contributed by atoms with Crippen LogP contribution in [0.1, 0.15) is 6.42 Å². The molecular weight excluding hydrogens is 273 g/mol. The molecule has 0 radical (unpaired) electrons. The van der Waals surface area contributed by atoms with Gasteiger partial charge in [-0.15, -0.1) is 0 Å². The van der Waals surface area contributed by atoms with E-state index in [0.29, 0.717) is 15.9 Å². The first-order valence-electron chi connectivity index (χ1n) is 3.43. The summed E-state index contributed by atoms with van der Waals surface area (Å²) >= 11 is 2.29. The molecule has 2 atom stereocenters. The lowest BCUT2D eigenvalue weighted by molar-refractivity contribution is -0.137. The van der Waals surface area contributed by atoms with Gasteiger partial charge in [-0.1, -0.05) is 6.08 Å². The lowest BCUT2D eigenvalue weighted by Crippen LogP contribution is -2.49. The van der Waals surface area contributed by atoms with Crippen LogP contribution < -0.4 is 0 Å². The Hall–Kier alpha value is 0.160. The Kier molecular flexibility index (Phi) is 2.05. The normalized spacial score (nSPS) is 35.4. The highest BCUT2D eigenvalue weighted by Gasteiger charge is 2.37. The molecule has 0 aromatic rings. The van der Waals surface area contributed by atoms with Crippen molar-refractivity contribution in [3.63, 3.8) is 0 Å². The van der Waals surface area contributed by atoms with Crippen molar-refractivity contribution in [2.75, 3.05) is 5.75 Å². The molecule has 2 nitrogen and oxygen atoms in total. The van der Waals surface area contributed by atoms with Crippen LogP contribution in [0.5, 0.6) is 0 Å². The van der Waals surface area contributed by atoms with Crippen LogP contribution in [0.25, 0.3) is 0 Å². The Balaban J connectivity index is 2.24. The van der Waals surface area contributed by atoms with Gasteiger partial charge in [-0.3, -0.25) is 4.79 Å². The van der Waals surface area contributed by atoms with Crippen LogP contribution in [-0.4, -0.2) is 25.3 Å². The van der Waals surface area contributed by atoms with Gasteiger partial charge in [-0.25, -0.2) is 0 Å². The summed E-state index contributed by atoms with van der Waals surface area (Å²) in [5.41, 5.74) is 0. The Morgan fingerprint density at radius 2 is 2.64 bits per heavy atom. The Bertz CT molecular complexity index is 261. The molecule has 0 spiro atoms. The minimum absolute atomic E-state index is 0.279. The molecule has 0 N–H and O–H groups in total. The molecular formula is C7H8INOS. The Morgan fingerprint density at radius 1 is 1.82 bits per heavy atom. The highest BCUT2D eigenvalue weighted by atomic mass is 127. The lowest BCUT2D eigenvalue weighted by atomic mass is 10.2. The first-order chi connectivity index (χ1) is 5.33. The lowest BCUT2D eigenvalue weighted by Gasteiger charge is -2.42. The van der Waals surface area contributed by atoms with Crippen LogP contribution in [0.15, 0.2) is 12.3 Å². The van der Waals surface area contributed by atoms with E-state index in [1.54, 1.807) is 0 Å². The maximum atomic E-state index is 11.0. The predicted octanol–water partition coefficient (Wildman–Crippen LogP) is 1.54. The molecule has 0 aliphatic carbocycles. The van der Waals surface area contributed by atoms with E-state index in [0.717, 1.165) is 12.2 Å². The van der Waals surface area contributed by atoms with Crippen LogP contribution in [0, 0.1) is 0 Å². The molecule has 11 heavy (non-hydrogen) atoms. The van der Waals surface area contributed by atoms with E-state index >= 15 is 0 Å². The van der Waals surface area contributed by atoms with Gasteiger partial charge >= 0.3 is 0 Å². The molecule has 60 valence electrons. The molecule has 2 heterocycles. The fraction of sp³-hybridized carbons (Fsp3) is 0.429. The van der Waals surface area contributed by atoms with Crippen molar-refractivity contribution in [2.24, 2.45) is 0 Å². The maximum Gasteiger partial charge on any atom is 0.230 e. The average Bonchev–Trinajstić information content (AvgIpc) is 2.03. The molecule has 1 fully saturated rings. The molecule has 0 aromatic carbocycles. The zero-order valence-electron chi connectivity index (χ0n) is 5.87. The number of rotatable bonds is 0. The number of carbonyl (C=O) groups is 1. The van der Waals surface area contributed by atoms with Crippen molar-refractivity contribution >= 4 is 42.4 Å². The molecule has 0 bridgehead atoms. The smallest absolute Gasteiger partial charge is 0.230 e. The number of β-lactam (4-membered cyclic amide) rings is 1. The zero-order valence-corrected chi connectivity index (χ0v) is 8.84. The summed E-state index contributed by atoms with van der Waals surface area (Å²) in [7, 11) is 0.320. The van der Waals surface area contributed by atoms with E-state index in [1.807, 2.05) is 11.1 Å². The van der Waals surface area contributed by atoms with Crippen molar-refractivity contribution in [2.45, 2.75) is 11.8 Å². The highest BCUT2D eigenvalue weighted by Crippen LogP contribution is 2.38. The van der Waals surface area contributed by atoms with Crippen molar-refractivity contribution < 1.29 is 4.79 Å². The van der Waals surface area contributed by atoms with Gasteiger partial charge in [-0.2, -0.15) is 10.5 Å². The van der Waals surface area contributed by atoms with Gasteiger partial charge in [0.1, 0.15) is 0 Å². The number of carbonyl (C=O) groups excluding carboxylic acids is 1. The van der Waals surface area contributed by atoms with Crippen LogP contribution >= 0.6 is 33.1 Å². The van der Waals surface area contributed by atoms with Crippen LogP contribution in [0.2, 0.25) is 0 Å². The standard InChI is InChI=1S/C7H8INOS/c8-5-11-3-1-2-9-6(10)4-7(9)11/h1-2,5,7H,3-4H2. The summed E-state index contributed by atoms with van der Waals surface area (Å²) in [6, 6.07) is 0. The number of halogens is 1. The first kappa shape index (κ1) is 7.79. The van der Waals surface area contributed by atoms with Gasteiger partial charge in [-0.05, 0) is 22.6 Å². The van der Waals surface area contributed by atoms with Gasteiger partial charge in [0.25, 0.3) is 0 Å². The van der Waals surface area contributed by atoms with Gasteiger partial charge < -0.3 is 4.90 Å². The molecule has 0 saturated carbocycles. The van der Waals surface area contributed by atoms with E-state index in [1.165, 1.54) is 0 Å². The van der Waals surface area contributed by atoms with Crippen molar-refractivity contribution in [3.8, 4) is 0 Å². The van der Waals surface area contributed by atoms with E-state index in [2.05, 4.69) is 32.0 Å². The van der Waals surface area contributed by atoms with E-state index in [9.17, 15) is 4.79 Å². The molecule has 2 rings (SSSR count). The molecule has 1 saturated heterocycles. The molecule has 2 aliphatic heterocycles. The van der Waals surface area contributed by atoms with E-state index in [-0.39, 0.29) is 5.91 Å². The fourth-order valence-electron chi connectivity index (χ4n) is 1.31. The number of fused-ring (bicyclic) bond motifs is 1.